The van der Waals surface area contributed by atoms with E-state index < -0.39 is 0 Å². The number of dihydropyridines is 1. The van der Waals surface area contributed by atoms with Gasteiger partial charge in [-0.25, -0.2) is 0 Å². The third-order valence-electron chi connectivity index (χ3n) is 3.91. The molecule has 3 heteroatoms. The molecule has 0 atom stereocenters. The van der Waals surface area contributed by atoms with Crippen molar-refractivity contribution in [2.45, 2.75) is 46.7 Å². The van der Waals surface area contributed by atoms with Gasteiger partial charge in [-0.3, -0.25) is 0 Å². The van der Waals surface area contributed by atoms with E-state index in [1.54, 1.807) is 0 Å². The van der Waals surface area contributed by atoms with Gasteiger partial charge in [0.1, 0.15) is 0 Å². The molecule has 0 amide bonds. The third-order valence-corrected chi connectivity index (χ3v) is 3.91. The van der Waals surface area contributed by atoms with E-state index in [1.165, 1.54) is 22.3 Å². The van der Waals surface area contributed by atoms with E-state index in [0.29, 0.717) is 12.6 Å². The number of hydrogen-bond donors (Lipinski definition) is 3. The fourth-order valence-electron chi connectivity index (χ4n) is 2.92. The van der Waals surface area contributed by atoms with E-state index in [9.17, 15) is 0 Å². The summed E-state index contributed by atoms with van der Waals surface area (Å²) >= 11 is 0. The Balaban J connectivity index is 2.37. The van der Waals surface area contributed by atoms with Gasteiger partial charge in [-0.05, 0) is 62.1 Å². The van der Waals surface area contributed by atoms with Crippen molar-refractivity contribution in [3.63, 3.8) is 0 Å². The highest BCUT2D eigenvalue weighted by atomic mass is 14.9. The highest BCUT2D eigenvalue weighted by molar-refractivity contribution is 5.57. The van der Waals surface area contributed by atoms with Gasteiger partial charge in [0.05, 0.1) is 0 Å². The number of hydrogen-bond acceptors (Lipinski definition) is 3. The summed E-state index contributed by atoms with van der Waals surface area (Å²) in [5.74, 6) is 0. The summed E-state index contributed by atoms with van der Waals surface area (Å²) in [7, 11) is 0. The fourth-order valence-corrected chi connectivity index (χ4v) is 2.92. The normalized spacial score (nSPS) is 15.0. The summed E-state index contributed by atoms with van der Waals surface area (Å²) in [6, 6.07) is 6.74. The summed E-state index contributed by atoms with van der Waals surface area (Å²) < 4.78 is 0. The summed E-state index contributed by atoms with van der Waals surface area (Å²) in [6.07, 6.45) is 3.02. The first-order chi connectivity index (χ1) is 10.4. The Morgan fingerprint density at radius 3 is 2.59 bits per heavy atom. The van der Waals surface area contributed by atoms with Gasteiger partial charge in [-0.15, -0.1) is 0 Å². The van der Waals surface area contributed by atoms with Crippen LogP contribution in [0.1, 0.15) is 38.8 Å². The minimum atomic E-state index is 0.387. The first-order valence-electron chi connectivity index (χ1n) is 7.84. The molecule has 0 saturated carbocycles. The Morgan fingerprint density at radius 2 is 2.00 bits per heavy atom. The van der Waals surface area contributed by atoms with Crippen molar-refractivity contribution in [2.75, 3.05) is 5.32 Å². The van der Waals surface area contributed by atoms with E-state index >= 15 is 0 Å². The second kappa shape index (κ2) is 6.84. The van der Waals surface area contributed by atoms with Gasteiger partial charge >= 0.3 is 0 Å². The molecular weight excluding hydrogens is 270 g/mol. The lowest BCUT2D eigenvalue weighted by molar-refractivity contribution is 0.883. The van der Waals surface area contributed by atoms with Crippen molar-refractivity contribution >= 4 is 5.69 Å². The van der Waals surface area contributed by atoms with Crippen LogP contribution in [0.3, 0.4) is 0 Å². The number of nitrogens with two attached hydrogens (primary N) is 1. The quantitative estimate of drug-likeness (QED) is 0.774. The van der Waals surface area contributed by atoms with Crippen LogP contribution < -0.4 is 16.4 Å². The number of nitrogens with one attached hydrogen (secondary N) is 2. The third kappa shape index (κ3) is 3.60. The zero-order valence-electron chi connectivity index (χ0n) is 14.1. The number of rotatable bonds is 5. The monoisotopic (exact) mass is 297 g/mol. The summed E-state index contributed by atoms with van der Waals surface area (Å²) in [6.45, 7) is 13.2. The average Bonchev–Trinajstić information content (AvgIpc) is 2.42. The van der Waals surface area contributed by atoms with E-state index in [4.69, 9.17) is 5.73 Å². The van der Waals surface area contributed by atoms with Gasteiger partial charge in [0, 0.05) is 36.1 Å². The number of allylic oxidation sites excluding steroid dienone is 4. The molecule has 4 N–H and O–H groups in total. The first-order valence-corrected chi connectivity index (χ1v) is 7.84. The highest BCUT2D eigenvalue weighted by Crippen LogP contribution is 2.28. The minimum Gasteiger partial charge on any atom is -0.383 e. The van der Waals surface area contributed by atoms with Crippen LogP contribution in [0, 0.1) is 0 Å². The largest absolute Gasteiger partial charge is 0.383 e. The molecule has 118 valence electrons. The maximum absolute atomic E-state index is 6.02. The van der Waals surface area contributed by atoms with Crippen LogP contribution in [0.15, 0.2) is 53.4 Å². The second-order valence-corrected chi connectivity index (χ2v) is 6.22. The van der Waals surface area contributed by atoms with Crippen LogP contribution in [-0.4, -0.2) is 6.04 Å². The van der Waals surface area contributed by atoms with Crippen molar-refractivity contribution in [3.8, 4) is 0 Å². The van der Waals surface area contributed by atoms with E-state index in [-0.39, 0.29) is 0 Å². The Bertz CT molecular complexity index is 636. The van der Waals surface area contributed by atoms with Crippen LogP contribution in [0.4, 0.5) is 5.69 Å². The minimum absolute atomic E-state index is 0.387. The topological polar surface area (TPSA) is 50.1 Å². The molecule has 1 aromatic carbocycles. The summed E-state index contributed by atoms with van der Waals surface area (Å²) in [5.41, 5.74) is 14.3. The smallest absolute Gasteiger partial charge is 0.0390 e. The van der Waals surface area contributed by atoms with Gasteiger partial charge < -0.3 is 16.4 Å². The van der Waals surface area contributed by atoms with Gasteiger partial charge in [-0.1, -0.05) is 18.7 Å². The lowest BCUT2D eigenvalue weighted by Gasteiger charge is -2.23. The van der Waals surface area contributed by atoms with Crippen molar-refractivity contribution in [2.24, 2.45) is 5.73 Å². The lowest BCUT2D eigenvalue weighted by Crippen LogP contribution is -2.19. The van der Waals surface area contributed by atoms with E-state index in [0.717, 1.165) is 23.5 Å². The van der Waals surface area contributed by atoms with E-state index in [1.807, 2.05) is 0 Å². The van der Waals surface area contributed by atoms with Gasteiger partial charge in [0.2, 0.25) is 0 Å². The van der Waals surface area contributed by atoms with Crippen molar-refractivity contribution in [1.29, 1.82) is 0 Å². The fraction of sp³-hybridized carbons (Fsp3) is 0.368. The molecule has 1 aromatic rings. The molecule has 3 nitrogen and oxygen atoms in total. The molecule has 0 unspecified atom stereocenters. The lowest BCUT2D eigenvalue weighted by atomic mass is 9.92. The predicted octanol–water partition coefficient (Wildman–Crippen LogP) is 3.85. The van der Waals surface area contributed by atoms with Crippen LogP contribution in [0.5, 0.6) is 0 Å². The zero-order chi connectivity index (χ0) is 16.3. The number of anilines is 1. The predicted molar refractivity (Wildman–Crippen MR) is 95.5 cm³/mol. The molecule has 22 heavy (non-hydrogen) atoms. The molecule has 0 saturated heterocycles. The maximum Gasteiger partial charge on any atom is 0.0390 e. The SMILES string of the molecule is C=C1NC(C)=CC(C)=C1Cc1cccc(NC(C)C)c1CN. The Hall–Kier alpha value is -2.00. The molecule has 2 rings (SSSR count). The zero-order valence-corrected chi connectivity index (χ0v) is 14.1. The molecule has 0 aliphatic carbocycles. The second-order valence-electron chi connectivity index (χ2n) is 6.22. The molecule has 0 aromatic heterocycles. The van der Waals surface area contributed by atoms with E-state index in [2.05, 4.69) is 69.2 Å². The van der Waals surface area contributed by atoms with Gasteiger partial charge in [-0.2, -0.15) is 0 Å². The van der Waals surface area contributed by atoms with Crippen molar-refractivity contribution in [3.05, 3.63) is 64.5 Å². The molecule has 0 spiro atoms. The molecule has 0 bridgehead atoms. The Kier molecular flexibility index (Phi) is 5.09. The summed E-state index contributed by atoms with van der Waals surface area (Å²) in [5, 5.41) is 6.81. The maximum atomic E-state index is 6.02. The molecule has 0 fully saturated rings. The van der Waals surface area contributed by atoms with Crippen molar-refractivity contribution in [1.82, 2.24) is 5.32 Å². The number of benzene rings is 1. The van der Waals surface area contributed by atoms with Crippen LogP contribution in [0.25, 0.3) is 0 Å². The Morgan fingerprint density at radius 1 is 1.27 bits per heavy atom. The molecule has 1 heterocycles. The highest BCUT2D eigenvalue weighted by Gasteiger charge is 2.15. The Labute approximate surface area is 134 Å². The molecule has 0 radical (unpaired) electrons. The molecular formula is C19H27N3. The van der Waals surface area contributed by atoms with Crippen LogP contribution >= 0.6 is 0 Å². The van der Waals surface area contributed by atoms with Crippen LogP contribution in [0.2, 0.25) is 0 Å². The van der Waals surface area contributed by atoms with Gasteiger partial charge in [0.25, 0.3) is 0 Å². The molecule has 1 aliphatic heterocycles. The average molecular weight is 297 g/mol. The van der Waals surface area contributed by atoms with Crippen LogP contribution in [-0.2, 0) is 13.0 Å². The summed E-state index contributed by atoms with van der Waals surface area (Å²) in [4.78, 5) is 0. The molecule has 1 aliphatic rings. The van der Waals surface area contributed by atoms with Crippen molar-refractivity contribution < 1.29 is 0 Å². The standard InChI is InChI=1S/C19H27N3/c1-12(2)21-19-8-6-7-16(18(19)11-20)10-17-13(3)9-14(4)22-15(17)5/h6-9,12,21-22H,5,10-11,20H2,1-4H3. The van der Waals surface area contributed by atoms with Gasteiger partial charge in [0.15, 0.2) is 0 Å². The first kappa shape index (κ1) is 16.4.